The number of nitrogens with one attached hydrogen (secondary N) is 3. The van der Waals surface area contributed by atoms with Gasteiger partial charge in [0, 0.05) is 13.1 Å². The molecule has 8 nitrogen and oxygen atoms in total. The first kappa shape index (κ1) is 18.6. The number of hydrogen-bond donors (Lipinski definition) is 3. The van der Waals surface area contributed by atoms with E-state index in [4.69, 9.17) is 4.74 Å². The molecule has 0 spiro atoms. The van der Waals surface area contributed by atoms with E-state index in [9.17, 15) is 14.4 Å². The van der Waals surface area contributed by atoms with Crippen molar-refractivity contribution >= 4 is 23.5 Å². The van der Waals surface area contributed by atoms with Gasteiger partial charge in [-0.1, -0.05) is 19.1 Å². The second kappa shape index (κ2) is 8.36. The molecule has 0 aliphatic carbocycles. The van der Waals surface area contributed by atoms with E-state index in [1.54, 1.807) is 17.0 Å². The summed E-state index contributed by atoms with van der Waals surface area (Å²) in [5.74, 6) is -0.193. The number of imide groups is 1. The van der Waals surface area contributed by atoms with E-state index < -0.39 is 18.0 Å². The van der Waals surface area contributed by atoms with E-state index in [0.717, 1.165) is 6.42 Å². The number of urea groups is 1. The Bertz CT molecular complexity index is 649. The minimum Gasteiger partial charge on any atom is -0.477 e. The molecular formula is C17H24N4O4. The Balaban J connectivity index is 2.05. The normalized spacial score (nSPS) is 16.9. The third-order valence-corrected chi connectivity index (χ3v) is 3.98. The SMILES string of the molecule is CC[C@H](C)NC(=O)NC(=O)CN1C[C@H](C(=O)NC)Oc2ccccc21. The summed E-state index contributed by atoms with van der Waals surface area (Å²) < 4.78 is 5.68. The number of amides is 4. The van der Waals surface area contributed by atoms with Crippen LogP contribution in [0, 0.1) is 0 Å². The van der Waals surface area contributed by atoms with Crippen molar-refractivity contribution in [3.8, 4) is 5.75 Å². The Hall–Kier alpha value is -2.77. The highest BCUT2D eigenvalue weighted by molar-refractivity contribution is 5.97. The molecule has 2 rings (SSSR count). The molecule has 25 heavy (non-hydrogen) atoms. The van der Waals surface area contributed by atoms with Gasteiger partial charge in [0.05, 0.1) is 18.8 Å². The number of carbonyl (C=O) groups excluding carboxylic acids is 3. The van der Waals surface area contributed by atoms with Crippen molar-refractivity contribution in [2.75, 3.05) is 25.0 Å². The molecule has 1 aliphatic rings. The number of para-hydroxylation sites is 2. The summed E-state index contributed by atoms with van der Waals surface area (Å²) in [6, 6.07) is 6.62. The molecule has 2 atom stereocenters. The summed E-state index contributed by atoms with van der Waals surface area (Å²) in [6.45, 7) is 3.96. The Kier molecular flexibility index (Phi) is 6.21. The van der Waals surface area contributed by atoms with Crippen LogP contribution in [0.2, 0.25) is 0 Å². The van der Waals surface area contributed by atoms with Gasteiger partial charge in [0.25, 0.3) is 5.91 Å². The number of fused-ring (bicyclic) bond motifs is 1. The standard InChI is InChI=1S/C17H24N4O4/c1-4-11(2)19-17(24)20-15(22)10-21-9-14(16(23)18-3)25-13-8-6-5-7-12(13)21/h5-8,11,14H,4,9-10H2,1-3H3,(H,18,23)(H2,19,20,22,24)/t11-,14+/m0/s1. The third-order valence-electron chi connectivity index (χ3n) is 3.98. The quantitative estimate of drug-likeness (QED) is 0.725. The zero-order chi connectivity index (χ0) is 18.4. The molecule has 0 unspecified atom stereocenters. The summed E-state index contributed by atoms with van der Waals surface area (Å²) in [6.07, 6.45) is 0.0494. The van der Waals surface area contributed by atoms with Crippen LogP contribution >= 0.6 is 0 Å². The number of nitrogens with zero attached hydrogens (tertiary/aromatic N) is 1. The monoisotopic (exact) mass is 348 g/mol. The lowest BCUT2D eigenvalue weighted by molar-refractivity contribution is -0.127. The fourth-order valence-corrected chi connectivity index (χ4v) is 2.46. The molecule has 3 N–H and O–H groups in total. The highest BCUT2D eigenvalue weighted by atomic mass is 16.5. The Labute approximate surface area is 146 Å². The molecule has 1 aliphatic heterocycles. The molecule has 0 aromatic heterocycles. The molecule has 0 radical (unpaired) electrons. The summed E-state index contributed by atoms with van der Waals surface area (Å²) in [4.78, 5) is 37.6. The minimum atomic E-state index is -0.721. The van der Waals surface area contributed by atoms with E-state index in [1.807, 2.05) is 26.0 Å². The lowest BCUT2D eigenvalue weighted by atomic mass is 10.1. The average Bonchev–Trinajstić information content (AvgIpc) is 2.60. The minimum absolute atomic E-state index is 0.0189. The first-order valence-electron chi connectivity index (χ1n) is 8.27. The van der Waals surface area contributed by atoms with Crippen LogP contribution in [0.15, 0.2) is 24.3 Å². The summed E-state index contributed by atoms with van der Waals surface area (Å²) in [7, 11) is 1.53. The number of likely N-dealkylation sites (N-methyl/N-ethyl adjacent to an activating group) is 1. The van der Waals surface area contributed by atoms with Crippen molar-refractivity contribution in [2.45, 2.75) is 32.4 Å². The van der Waals surface area contributed by atoms with Gasteiger partial charge in [0.15, 0.2) is 6.10 Å². The van der Waals surface area contributed by atoms with Crippen LogP contribution in [0.5, 0.6) is 5.75 Å². The summed E-state index contributed by atoms with van der Waals surface area (Å²) in [5, 5.41) is 7.53. The Morgan fingerprint density at radius 3 is 2.72 bits per heavy atom. The second-order valence-corrected chi connectivity index (χ2v) is 5.90. The number of hydrogen-bond acceptors (Lipinski definition) is 5. The highest BCUT2D eigenvalue weighted by Crippen LogP contribution is 2.32. The molecule has 1 heterocycles. The van der Waals surface area contributed by atoms with Crippen LogP contribution in [-0.4, -0.2) is 50.1 Å². The van der Waals surface area contributed by atoms with Gasteiger partial charge in [-0.2, -0.15) is 0 Å². The molecule has 136 valence electrons. The number of benzene rings is 1. The Morgan fingerprint density at radius 2 is 2.04 bits per heavy atom. The van der Waals surface area contributed by atoms with Crippen molar-refractivity contribution in [3.05, 3.63) is 24.3 Å². The largest absolute Gasteiger partial charge is 0.477 e. The molecule has 4 amide bonds. The fraction of sp³-hybridized carbons (Fsp3) is 0.471. The van der Waals surface area contributed by atoms with Crippen molar-refractivity contribution in [3.63, 3.8) is 0 Å². The van der Waals surface area contributed by atoms with Gasteiger partial charge < -0.3 is 20.3 Å². The van der Waals surface area contributed by atoms with E-state index in [1.165, 1.54) is 7.05 Å². The van der Waals surface area contributed by atoms with Crippen LogP contribution in [0.25, 0.3) is 0 Å². The van der Waals surface area contributed by atoms with Gasteiger partial charge in [-0.15, -0.1) is 0 Å². The molecule has 1 aromatic carbocycles. The molecule has 1 aromatic rings. The van der Waals surface area contributed by atoms with E-state index >= 15 is 0 Å². The maximum Gasteiger partial charge on any atom is 0.321 e. The predicted octanol–water partition coefficient (Wildman–Crippen LogP) is 0.624. The van der Waals surface area contributed by atoms with Gasteiger partial charge in [-0.05, 0) is 25.5 Å². The smallest absolute Gasteiger partial charge is 0.321 e. The summed E-state index contributed by atoms with van der Waals surface area (Å²) >= 11 is 0. The molecule has 8 heteroatoms. The average molecular weight is 348 g/mol. The van der Waals surface area contributed by atoms with Crippen LogP contribution < -0.4 is 25.6 Å². The molecule has 0 saturated carbocycles. The van der Waals surface area contributed by atoms with Crippen LogP contribution in [-0.2, 0) is 9.59 Å². The van der Waals surface area contributed by atoms with E-state index in [0.29, 0.717) is 11.4 Å². The number of rotatable bonds is 5. The first-order valence-corrected chi connectivity index (χ1v) is 8.27. The Morgan fingerprint density at radius 1 is 1.32 bits per heavy atom. The highest BCUT2D eigenvalue weighted by Gasteiger charge is 2.31. The second-order valence-electron chi connectivity index (χ2n) is 5.90. The summed E-state index contributed by atoms with van der Waals surface area (Å²) in [5.41, 5.74) is 0.708. The maximum atomic E-state index is 12.2. The number of ether oxygens (including phenoxy) is 1. The van der Waals surface area contributed by atoms with Crippen LogP contribution in [0.4, 0.5) is 10.5 Å². The number of carbonyl (C=O) groups is 3. The van der Waals surface area contributed by atoms with Gasteiger partial charge in [0.2, 0.25) is 5.91 Å². The molecule has 0 saturated heterocycles. The maximum absolute atomic E-state index is 12.2. The number of anilines is 1. The van der Waals surface area contributed by atoms with E-state index in [-0.39, 0.29) is 25.0 Å². The zero-order valence-electron chi connectivity index (χ0n) is 14.7. The predicted molar refractivity (Wildman–Crippen MR) is 93.6 cm³/mol. The zero-order valence-corrected chi connectivity index (χ0v) is 14.7. The van der Waals surface area contributed by atoms with Crippen molar-refractivity contribution < 1.29 is 19.1 Å². The molecular weight excluding hydrogens is 324 g/mol. The molecule has 0 fully saturated rings. The van der Waals surface area contributed by atoms with Gasteiger partial charge >= 0.3 is 6.03 Å². The van der Waals surface area contributed by atoms with E-state index in [2.05, 4.69) is 16.0 Å². The van der Waals surface area contributed by atoms with Gasteiger partial charge in [-0.3, -0.25) is 14.9 Å². The third kappa shape index (κ3) is 4.85. The van der Waals surface area contributed by atoms with Gasteiger partial charge in [-0.25, -0.2) is 4.79 Å². The van der Waals surface area contributed by atoms with Crippen molar-refractivity contribution in [1.29, 1.82) is 0 Å². The van der Waals surface area contributed by atoms with Gasteiger partial charge in [0.1, 0.15) is 5.75 Å². The lowest BCUT2D eigenvalue weighted by Gasteiger charge is -2.34. The van der Waals surface area contributed by atoms with Crippen molar-refractivity contribution in [1.82, 2.24) is 16.0 Å². The molecule has 0 bridgehead atoms. The fourth-order valence-electron chi connectivity index (χ4n) is 2.46. The van der Waals surface area contributed by atoms with Crippen LogP contribution in [0.1, 0.15) is 20.3 Å². The van der Waals surface area contributed by atoms with Crippen LogP contribution in [0.3, 0.4) is 0 Å². The first-order chi connectivity index (χ1) is 11.9. The van der Waals surface area contributed by atoms with Crippen molar-refractivity contribution in [2.24, 2.45) is 0 Å². The lowest BCUT2D eigenvalue weighted by Crippen LogP contribution is -2.52. The topological polar surface area (TPSA) is 99.8 Å².